The zero-order valence-electron chi connectivity index (χ0n) is 33.4. The van der Waals surface area contributed by atoms with Gasteiger partial charge in [0, 0.05) is 73.8 Å². The van der Waals surface area contributed by atoms with Crippen molar-refractivity contribution in [3.05, 3.63) is 36.4 Å². The summed E-state index contributed by atoms with van der Waals surface area (Å²) in [5.41, 5.74) is 0. The molecule has 2 N–H and O–H groups in total. The molecule has 0 saturated heterocycles. The fourth-order valence-electron chi connectivity index (χ4n) is 4.90. The predicted octanol–water partition coefficient (Wildman–Crippen LogP) is 8.37. The van der Waals surface area contributed by atoms with E-state index in [1.165, 1.54) is 0 Å². The van der Waals surface area contributed by atoms with E-state index in [9.17, 15) is 9.59 Å². The molecule has 2 rings (SSSR count). The first kappa shape index (κ1) is 51.4. The van der Waals surface area contributed by atoms with Gasteiger partial charge in [-0.1, -0.05) is 0 Å². The number of hydrogen-bond acceptors (Lipinski definition) is 14. The predicted molar refractivity (Wildman–Crippen MR) is 253 cm³/mol. The maximum Gasteiger partial charge on any atom is 0.220 e. The van der Waals surface area contributed by atoms with Crippen LogP contribution in [-0.4, -0.2) is 111 Å². The van der Waals surface area contributed by atoms with Gasteiger partial charge in [-0.3, -0.25) is 9.59 Å². The van der Waals surface area contributed by atoms with Crippen molar-refractivity contribution in [3.63, 3.8) is 0 Å². The Morgan fingerprint density at radius 2 is 0.684 bits per heavy atom. The Kier molecular flexibility index (Phi) is 32.6. The van der Waals surface area contributed by atoms with E-state index in [-0.39, 0.29) is 11.8 Å². The Labute approximate surface area is 372 Å². The van der Waals surface area contributed by atoms with Gasteiger partial charge < -0.3 is 39.1 Å². The molecule has 0 fully saturated rings. The van der Waals surface area contributed by atoms with Crippen molar-refractivity contribution < 1.29 is 38.0 Å². The molecule has 0 unspecified atom stereocenters. The zero-order valence-corrected chi connectivity index (χ0v) is 38.6. The lowest BCUT2D eigenvalue weighted by molar-refractivity contribution is -0.121. The summed E-state index contributed by atoms with van der Waals surface area (Å²) in [5, 5.41) is 6.02. The largest absolute Gasteiger partial charge is 0.493 e. The maximum atomic E-state index is 12.2. The summed E-state index contributed by atoms with van der Waals surface area (Å²) in [4.78, 5) is 24.5. The smallest absolute Gasteiger partial charge is 0.220 e. The van der Waals surface area contributed by atoms with Crippen LogP contribution in [0.4, 0.5) is 0 Å². The number of unbranched alkanes of at least 4 members (excludes halogenated alkanes) is 2. The normalized spacial score (nSPS) is 10.9. The van der Waals surface area contributed by atoms with Crippen LogP contribution in [0.25, 0.3) is 0 Å². The molecule has 2 aromatic carbocycles. The molecule has 0 atom stereocenters. The fourth-order valence-corrected chi connectivity index (χ4v) is 7.13. The summed E-state index contributed by atoms with van der Waals surface area (Å²) in [5.74, 6) is 11.0. The highest BCUT2D eigenvalue weighted by Crippen LogP contribution is 2.30. The highest BCUT2D eigenvalue weighted by atomic mass is 32.2. The molecule has 2 amide bonds. The van der Waals surface area contributed by atoms with E-state index in [0.717, 1.165) is 138 Å². The van der Waals surface area contributed by atoms with Crippen molar-refractivity contribution in [3.8, 4) is 34.5 Å². The molecular weight excluding hydrogens is 841 g/mol. The Bertz CT molecular complexity index is 1180. The maximum absolute atomic E-state index is 12.2. The summed E-state index contributed by atoms with van der Waals surface area (Å²) in [6.45, 7) is 4.83. The number of amides is 2. The first-order chi connectivity index (χ1) is 28.0. The molecule has 0 heterocycles. The van der Waals surface area contributed by atoms with Crippen molar-refractivity contribution in [2.75, 3.05) is 98.8 Å². The number of ether oxygens (including phenoxy) is 6. The number of hydrogen-bond donors (Lipinski definition) is 6. The van der Waals surface area contributed by atoms with Crippen LogP contribution in [0.2, 0.25) is 0 Å². The summed E-state index contributed by atoms with van der Waals surface area (Å²) in [6.07, 6.45) is 8.94. The van der Waals surface area contributed by atoms with Crippen molar-refractivity contribution >= 4 is 85.9 Å². The van der Waals surface area contributed by atoms with E-state index in [1.807, 2.05) is 36.4 Å². The second-order valence-electron chi connectivity index (χ2n) is 12.9. The molecule has 16 heteroatoms. The molecule has 0 aliphatic carbocycles. The third kappa shape index (κ3) is 28.4. The second-order valence-corrected chi connectivity index (χ2v) is 17.1. The summed E-state index contributed by atoms with van der Waals surface area (Å²) in [6, 6.07) is 11.3. The molecule has 0 aliphatic heterocycles. The van der Waals surface area contributed by atoms with Gasteiger partial charge in [-0.15, -0.1) is 0 Å². The summed E-state index contributed by atoms with van der Waals surface area (Å²) in [7, 11) is 0. The highest BCUT2D eigenvalue weighted by Gasteiger charge is 2.08. The lowest BCUT2D eigenvalue weighted by Gasteiger charge is -2.13. The molecule has 0 spiro atoms. The number of rotatable bonds is 38. The number of nitrogens with one attached hydrogen (secondary N) is 2. The molecule has 324 valence electrons. The topological polar surface area (TPSA) is 114 Å². The molecule has 2 aromatic rings. The number of thioether (sulfide) groups is 2. The SMILES string of the molecule is O=C(CCSCCCOc1cc(OCCCS)cc(OCCCS)c1)NCCCCCNC(=O)CCSCCCOc1cc(OCCCS)cc(OCCCS)c1. The van der Waals surface area contributed by atoms with Gasteiger partial charge >= 0.3 is 0 Å². The van der Waals surface area contributed by atoms with Crippen LogP contribution in [0, 0.1) is 0 Å². The van der Waals surface area contributed by atoms with Gasteiger partial charge in [0.15, 0.2) is 0 Å². The van der Waals surface area contributed by atoms with Crippen molar-refractivity contribution in [1.82, 2.24) is 10.6 Å². The van der Waals surface area contributed by atoms with Gasteiger partial charge in [0.2, 0.25) is 11.8 Å². The van der Waals surface area contributed by atoms with Gasteiger partial charge in [0.25, 0.3) is 0 Å². The molecule has 0 saturated carbocycles. The summed E-state index contributed by atoms with van der Waals surface area (Å²) < 4.78 is 35.3. The molecule has 10 nitrogen and oxygen atoms in total. The minimum Gasteiger partial charge on any atom is -0.493 e. The Morgan fingerprint density at radius 3 is 0.965 bits per heavy atom. The first-order valence-corrected chi connectivity index (χ1v) is 25.0. The molecule has 0 bridgehead atoms. The molecular formula is C41H66N2O8S6. The minimum atomic E-state index is 0.0786. The highest BCUT2D eigenvalue weighted by molar-refractivity contribution is 7.99. The average Bonchev–Trinajstić information content (AvgIpc) is 3.20. The Morgan fingerprint density at radius 1 is 0.404 bits per heavy atom. The van der Waals surface area contributed by atoms with Crippen LogP contribution >= 0.6 is 74.0 Å². The van der Waals surface area contributed by atoms with Crippen LogP contribution in [0.5, 0.6) is 34.5 Å². The lowest BCUT2D eigenvalue weighted by atomic mass is 10.2. The second kappa shape index (κ2) is 36.2. The fraction of sp³-hybridized carbons (Fsp3) is 0.659. The van der Waals surface area contributed by atoms with E-state index in [0.29, 0.717) is 65.6 Å². The van der Waals surface area contributed by atoms with Crippen LogP contribution in [0.15, 0.2) is 36.4 Å². The van der Waals surface area contributed by atoms with E-state index in [1.54, 1.807) is 23.5 Å². The van der Waals surface area contributed by atoms with E-state index < -0.39 is 0 Å². The Hall–Kier alpha value is -1.72. The standard InChI is InChI=1S/C41H66N2O8S6/c44-40(10-26-56-24-8-18-50-38-30-34(46-14-4-20-52)28-35(31-38)47-15-5-21-53)42-12-2-1-3-13-43-41(45)11-27-57-25-9-19-51-39-32-36(48-16-6-22-54)29-37(33-39)49-17-7-23-55/h28-33,52-55H,1-27H2,(H,42,44)(H,43,45). The van der Waals surface area contributed by atoms with Gasteiger partial charge in [0.1, 0.15) is 34.5 Å². The minimum absolute atomic E-state index is 0.0786. The summed E-state index contributed by atoms with van der Waals surface area (Å²) >= 11 is 20.5. The third-order valence-electron chi connectivity index (χ3n) is 7.84. The first-order valence-electron chi connectivity index (χ1n) is 20.2. The molecule has 0 aromatic heterocycles. The van der Waals surface area contributed by atoms with E-state index in [4.69, 9.17) is 28.4 Å². The van der Waals surface area contributed by atoms with Crippen LogP contribution in [0.3, 0.4) is 0 Å². The van der Waals surface area contributed by atoms with Crippen LogP contribution < -0.4 is 39.1 Å². The van der Waals surface area contributed by atoms with Gasteiger partial charge in [-0.05, 0) is 92.3 Å². The van der Waals surface area contributed by atoms with Crippen LogP contribution in [-0.2, 0) is 9.59 Å². The van der Waals surface area contributed by atoms with Gasteiger partial charge in [-0.25, -0.2) is 0 Å². The number of thiol groups is 4. The van der Waals surface area contributed by atoms with Crippen molar-refractivity contribution in [2.24, 2.45) is 0 Å². The van der Waals surface area contributed by atoms with E-state index >= 15 is 0 Å². The monoisotopic (exact) mass is 906 g/mol. The Balaban J connectivity index is 1.44. The quantitative estimate of drug-likeness (QED) is 0.0291. The molecule has 0 radical (unpaired) electrons. The van der Waals surface area contributed by atoms with E-state index in [2.05, 4.69) is 61.1 Å². The zero-order chi connectivity index (χ0) is 41.0. The molecule has 0 aliphatic rings. The van der Waals surface area contributed by atoms with Crippen molar-refractivity contribution in [1.29, 1.82) is 0 Å². The lowest BCUT2D eigenvalue weighted by Crippen LogP contribution is -2.26. The van der Waals surface area contributed by atoms with Gasteiger partial charge in [-0.2, -0.15) is 74.0 Å². The van der Waals surface area contributed by atoms with Crippen LogP contribution in [0.1, 0.15) is 70.6 Å². The number of benzene rings is 2. The molecule has 57 heavy (non-hydrogen) atoms. The average molecular weight is 907 g/mol. The number of carbonyl (C=O) groups is 2. The number of carbonyl (C=O) groups excluding carboxylic acids is 2. The third-order valence-corrected chi connectivity index (χ3v) is 11.2. The van der Waals surface area contributed by atoms with Gasteiger partial charge in [0.05, 0.1) is 39.6 Å². The van der Waals surface area contributed by atoms with Crippen molar-refractivity contribution in [2.45, 2.75) is 70.6 Å².